The molecule has 0 unspecified atom stereocenters. The molecular weight excluding hydrogens is 342 g/mol. The molecule has 0 saturated heterocycles. The van der Waals surface area contributed by atoms with Crippen molar-refractivity contribution in [1.82, 2.24) is 4.57 Å². The highest BCUT2D eigenvalue weighted by atomic mass is 79.9. The highest BCUT2D eigenvalue weighted by Crippen LogP contribution is 2.32. The molecular formula is C10H13Br2NO3. The predicted molar refractivity (Wildman–Crippen MR) is 68.0 cm³/mol. The van der Waals surface area contributed by atoms with Crippen molar-refractivity contribution in [2.45, 2.75) is 26.4 Å². The molecule has 0 aromatic carbocycles. The van der Waals surface area contributed by atoms with Crippen molar-refractivity contribution in [3.63, 3.8) is 0 Å². The molecule has 1 heterocycles. The standard InChI is InChI=1S/C10H13Br2NO3/c1-10(2,3)16-9(14)13-7(15-4)5-6(11)8(13)12/h5H,1-4H3. The average Bonchev–Trinajstić information content (AvgIpc) is 2.40. The third-order valence-electron chi connectivity index (χ3n) is 1.65. The van der Waals surface area contributed by atoms with Gasteiger partial charge in [-0.05, 0) is 52.6 Å². The molecule has 0 atom stereocenters. The fourth-order valence-corrected chi connectivity index (χ4v) is 1.87. The van der Waals surface area contributed by atoms with Crippen LogP contribution in [0.15, 0.2) is 15.1 Å². The Morgan fingerprint density at radius 2 is 1.94 bits per heavy atom. The number of hydrogen-bond acceptors (Lipinski definition) is 3. The van der Waals surface area contributed by atoms with Gasteiger partial charge in [0.2, 0.25) is 5.88 Å². The van der Waals surface area contributed by atoms with Gasteiger partial charge in [0.05, 0.1) is 11.6 Å². The van der Waals surface area contributed by atoms with Crippen LogP contribution in [0, 0.1) is 0 Å². The zero-order valence-corrected chi connectivity index (χ0v) is 12.7. The second-order valence-corrected chi connectivity index (χ2v) is 5.75. The first-order chi connectivity index (χ1) is 7.26. The van der Waals surface area contributed by atoms with Crippen molar-refractivity contribution >= 4 is 38.0 Å². The molecule has 1 aromatic rings. The second kappa shape index (κ2) is 4.79. The Balaban J connectivity index is 3.08. The molecule has 16 heavy (non-hydrogen) atoms. The Morgan fingerprint density at radius 1 is 1.38 bits per heavy atom. The topological polar surface area (TPSA) is 40.5 Å². The first-order valence-corrected chi connectivity index (χ1v) is 6.19. The van der Waals surface area contributed by atoms with Crippen LogP contribution in [0.25, 0.3) is 0 Å². The lowest BCUT2D eigenvalue weighted by Gasteiger charge is -2.20. The van der Waals surface area contributed by atoms with Gasteiger partial charge >= 0.3 is 6.09 Å². The number of hydrogen-bond donors (Lipinski definition) is 0. The van der Waals surface area contributed by atoms with Gasteiger partial charge in [-0.3, -0.25) is 0 Å². The molecule has 0 N–H and O–H groups in total. The SMILES string of the molecule is COc1cc(Br)c(Br)n1C(=O)OC(C)(C)C. The van der Waals surface area contributed by atoms with Crippen molar-refractivity contribution in [3.8, 4) is 5.88 Å². The highest BCUT2D eigenvalue weighted by Gasteiger charge is 2.23. The second-order valence-electron chi connectivity index (χ2n) is 4.14. The van der Waals surface area contributed by atoms with E-state index in [0.717, 1.165) is 4.47 Å². The Hall–Kier alpha value is -0.490. The van der Waals surface area contributed by atoms with Gasteiger partial charge in [0.25, 0.3) is 0 Å². The lowest BCUT2D eigenvalue weighted by molar-refractivity contribution is 0.0521. The lowest BCUT2D eigenvalue weighted by atomic mass is 10.2. The van der Waals surface area contributed by atoms with Crippen molar-refractivity contribution in [2.24, 2.45) is 0 Å². The van der Waals surface area contributed by atoms with Crippen molar-refractivity contribution in [3.05, 3.63) is 15.1 Å². The number of aromatic nitrogens is 1. The summed E-state index contributed by atoms with van der Waals surface area (Å²) in [7, 11) is 1.50. The van der Waals surface area contributed by atoms with E-state index in [1.165, 1.54) is 11.7 Å². The van der Waals surface area contributed by atoms with Crippen molar-refractivity contribution in [1.29, 1.82) is 0 Å². The van der Waals surface area contributed by atoms with Gasteiger partial charge in [0.1, 0.15) is 10.2 Å². The minimum absolute atomic E-state index is 0.410. The summed E-state index contributed by atoms with van der Waals surface area (Å²) < 4.78 is 13.0. The van der Waals surface area contributed by atoms with Crippen LogP contribution in [0.2, 0.25) is 0 Å². The molecule has 1 aromatic heterocycles. The van der Waals surface area contributed by atoms with Gasteiger partial charge < -0.3 is 9.47 Å². The van der Waals surface area contributed by atoms with Gasteiger partial charge in [-0.15, -0.1) is 0 Å². The van der Waals surface area contributed by atoms with Crippen LogP contribution >= 0.6 is 31.9 Å². The van der Waals surface area contributed by atoms with Crippen LogP contribution in [0.1, 0.15) is 20.8 Å². The zero-order chi connectivity index (χ0) is 12.5. The molecule has 0 aliphatic carbocycles. The number of nitrogens with zero attached hydrogens (tertiary/aromatic N) is 1. The van der Waals surface area contributed by atoms with E-state index < -0.39 is 11.7 Å². The summed E-state index contributed by atoms with van der Waals surface area (Å²) in [6, 6.07) is 1.69. The van der Waals surface area contributed by atoms with Gasteiger partial charge in [-0.2, -0.15) is 0 Å². The zero-order valence-electron chi connectivity index (χ0n) is 9.51. The van der Waals surface area contributed by atoms with E-state index in [4.69, 9.17) is 9.47 Å². The summed E-state index contributed by atoms with van der Waals surface area (Å²) in [6.45, 7) is 5.43. The summed E-state index contributed by atoms with van der Waals surface area (Å²) in [5, 5.41) is 0. The monoisotopic (exact) mass is 353 g/mol. The fourth-order valence-electron chi connectivity index (χ4n) is 1.06. The Kier molecular flexibility index (Phi) is 4.07. The largest absolute Gasteiger partial charge is 0.482 e. The molecule has 0 radical (unpaired) electrons. The Bertz CT molecular complexity index is 407. The van der Waals surface area contributed by atoms with Gasteiger partial charge in [-0.1, -0.05) is 0 Å². The predicted octanol–water partition coefficient (Wildman–Crippen LogP) is 3.80. The molecule has 0 amide bonds. The molecule has 0 saturated carbocycles. The van der Waals surface area contributed by atoms with Gasteiger partial charge in [0.15, 0.2) is 0 Å². The minimum atomic E-state index is -0.543. The van der Waals surface area contributed by atoms with Crippen LogP contribution < -0.4 is 4.74 Å². The fraction of sp³-hybridized carbons (Fsp3) is 0.500. The summed E-state index contributed by atoms with van der Waals surface area (Å²) in [6.07, 6.45) is -0.484. The van der Waals surface area contributed by atoms with E-state index in [2.05, 4.69) is 31.9 Å². The Morgan fingerprint density at radius 3 is 2.38 bits per heavy atom. The van der Waals surface area contributed by atoms with E-state index in [1.54, 1.807) is 6.07 Å². The van der Waals surface area contributed by atoms with E-state index in [9.17, 15) is 4.79 Å². The minimum Gasteiger partial charge on any atom is -0.482 e. The summed E-state index contributed by atoms with van der Waals surface area (Å²) in [4.78, 5) is 11.9. The smallest absolute Gasteiger partial charge is 0.422 e. The van der Waals surface area contributed by atoms with Crippen LogP contribution in [0.4, 0.5) is 4.79 Å². The lowest BCUT2D eigenvalue weighted by Crippen LogP contribution is -2.27. The molecule has 0 fully saturated rings. The number of carbonyl (C=O) groups excluding carboxylic acids is 1. The molecule has 0 aliphatic rings. The highest BCUT2D eigenvalue weighted by molar-refractivity contribution is 9.13. The number of ether oxygens (including phenoxy) is 2. The van der Waals surface area contributed by atoms with E-state index in [-0.39, 0.29) is 0 Å². The normalized spacial score (nSPS) is 11.4. The molecule has 6 heteroatoms. The van der Waals surface area contributed by atoms with Crippen molar-refractivity contribution < 1.29 is 14.3 Å². The van der Waals surface area contributed by atoms with Crippen LogP contribution in [-0.2, 0) is 4.74 Å². The molecule has 0 spiro atoms. The Labute approximate surface area is 111 Å². The molecule has 0 aliphatic heterocycles. The van der Waals surface area contributed by atoms with Gasteiger partial charge in [0, 0.05) is 6.07 Å². The van der Waals surface area contributed by atoms with E-state index in [0.29, 0.717) is 10.5 Å². The first kappa shape index (κ1) is 13.6. The van der Waals surface area contributed by atoms with E-state index in [1.807, 2.05) is 20.8 Å². The molecule has 4 nitrogen and oxygen atoms in total. The van der Waals surface area contributed by atoms with Crippen LogP contribution in [0.5, 0.6) is 5.88 Å². The number of rotatable bonds is 1. The van der Waals surface area contributed by atoms with E-state index >= 15 is 0 Å². The number of carbonyl (C=O) groups is 1. The summed E-state index contributed by atoms with van der Waals surface area (Å²) >= 11 is 6.59. The number of methoxy groups -OCH3 is 1. The van der Waals surface area contributed by atoms with Crippen LogP contribution in [0.3, 0.4) is 0 Å². The van der Waals surface area contributed by atoms with Gasteiger partial charge in [-0.25, -0.2) is 9.36 Å². The average molecular weight is 355 g/mol. The molecule has 0 bridgehead atoms. The summed E-state index contributed by atoms with van der Waals surface area (Å²) in [5.41, 5.74) is -0.543. The van der Waals surface area contributed by atoms with Crippen molar-refractivity contribution in [2.75, 3.05) is 7.11 Å². The molecule has 90 valence electrons. The first-order valence-electron chi connectivity index (χ1n) is 4.60. The maximum absolute atomic E-state index is 11.9. The third-order valence-corrected chi connectivity index (χ3v) is 3.57. The van der Waals surface area contributed by atoms with Crippen LogP contribution in [-0.4, -0.2) is 23.4 Å². The quantitative estimate of drug-likeness (QED) is 0.770. The third kappa shape index (κ3) is 3.01. The number of halogens is 2. The molecule has 1 rings (SSSR count). The maximum atomic E-state index is 11.9. The maximum Gasteiger partial charge on any atom is 0.422 e. The summed E-state index contributed by atoms with van der Waals surface area (Å²) in [5.74, 6) is 0.410.